The first-order chi connectivity index (χ1) is 6.61. The van der Waals surface area contributed by atoms with Gasteiger partial charge in [-0.15, -0.1) is 0 Å². The monoisotopic (exact) mass is 199 g/mol. The van der Waals surface area contributed by atoms with E-state index in [2.05, 4.69) is 19.2 Å². The van der Waals surface area contributed by atoms with Crippen LogP contribution in [0, 0.1) is 11.8 Å². The van der Waals surface area contributed by atoms with Gasteiger partial charge in [0, 0.05) is 0 Å². The number of aliphatic carboxylic acids is 1. The maximum Gasteiger partial charge on any atom is 0.320 e. The van der Waals surface area contributed by atoms with Gasteiger partial charge in [0.2, 0.25) is 0 Å². The molecular weight excluding hydrogens is 178 g/mol. The highest BCUT2D eigenvalue weighted by Crippen LogP contribution is 2.27. The Balaban J connectivity index is 2.42. The summed E-state index contributed by atoms with van der Waals surface area (Å²) >= 11 is 0. The van der Waals surface area contributed by atoms with E-state index in [0.717, 1.165) is 19.4 Å². The molecule has 1 fully saturated rings. The van der Waals surface area contributed by atoms with Gasteiger partial charge in [0.25, 0.3) is 0 Å². The van der Waals surface area contributed by atoms with Crippen LogP contribution in [0.15, 0.2) is 0 Å². The summed E-state index contributed by atoms with van der Waals surface area (Å²) in [6, 6.07) is -0.320. The van der Waals surface area contributed by atoms with E-state index in [0.29, 0.717) is 11.8 Å². The zero-order valence-electron chi connectivity index (χ0n) is 9.12. The topological polar surface area (TPSA) is 49.3 Å². The lowest BCUT2D eigenvalue weighted by Crippen LogP contribution is -2.43. The van der Waals surface area contributed by atoms with Crippen LogP contribution >= 0.6 is 0 Å². The van der Waals surface area contributed by atoms with E-state index in [1.54, 1.807) is 0 Å². The van der Waals surface area contributed by atoms with Crippen LogP contribution in [0.4, 0.5) is 0 Å². The molecule has 1 saturated carbocycles. The molecule has 3 heteroatoms. The average molecular weight is 199 g/mol. The van der Waals surface area contributed by atoms with Crippen molar-refractivity contribution >= 4 is 5.97 Å². The van der Waals surface area contributed by atoms with E-state index in [-0.39, 0.29) is 6.04 Å². The van der Waals surface area contributed by atoms with Gasteiger partial charge in [0.1, 0.15) is 6.04 Å². The van der Waals surface area contributed by atoms with Crippen LogP contribution in [-0.2, 0) is 4.79 Å². The summed E-state index contributed by atoms with van der Waals surface area (Å²) in [6.07, 6.45) is 4.53. The first-order valence-corrected chi connectivity index (χ1v) is 5.57. The first kappa shape index (κ1) is 11.5. The third kappa shape index (κ3) is 3.29. The van der Waals surface area contributed by atoms with Crippen molar-refractivity contribution in [3.63, 3.8) is 0 Å². The summed E-state index contributed by atoms with van der Waals surface area (Å²) in [5.41, 5.74) is 0. The van der Waals surface area contributed by atoms with Gasteiger partial charge in [0.05, 0.1) is 0 Å². The summed E-state index contributed by atoms with van der Waals surface area (Å²) in [5.74, 6) is 0.182. The van der Waals surface area contributed by atoms with E-state index in [1.807, 2.05) is 0 Å². The molecule has 0 radical (unpaired) electrons. The van der Waals surface area contributed by atoms with Crippen molar-refractivity contribution in [2.24, 2.45) is 11.8 Å². The van der Waals surface area contributed by atoms with Gasteiger partial charge in [-0.05, 0) is 31.2 Å². The molecule has 0 spiro atoms. The average Bonchev–Trinajstić information content (AvgIpc) is 2.56. The number of hydrogen-bond donors (Lipinski definition) is 2. The van der Waals surface area contributed by atoms with Crippen molar-refractivity contribution in [3.8, 4) is 0 Å². The molecule has 0 aromatic carbocycles. The molecule has 0 aromatic heterocycles. The minimum absolute atomic E-state index is 0.320. The lowest BCUT2D eigenvalue weighted by atomic mass is 9.98. The van der Waals surface area contributed by atoms with Crippen LogP contribution < -0.4 is 5.32 Å². The van der Waals surface area contributed by atoms with Crippen molar-refractivity contribution in [1.29, 1.82) is 0 Å². The molecule has 1 aliphatic carbocycles. The van der Waals surface area contributed by atoms with Crippen LogP contribution in [0.3, 0.4) is 0 Å². The number of nitrogens with one attached hydrogen (secondary N) is 1. The molecule has 3 nitrogen and oxygen atoms in total. The fourth-order valence-electron chi connectivity index (χ4n) is 2.11. The minimum Gasteiger partial charge on any atom is -0.480 e. The quantitative estimate of drug-likeness (QED) is 0.710. The van der Waals surface area contributed by atoms with Crippen LogP contribution in [-0.4, -0.2) is 23.7 Å². The molecule has 0 amide bonds. The number of carbonyl (C=O) groups is 1. The molecule has 0 aromatic rings. The van der Waals surface area contributed by atoms with E-state index in [4.69, 9.17) is 5.11 Å². The maximum atomic E-state index is 11.0. The summed E-state index contributed by atoms with van der Waals surface area (Å²) in [7, 11) is 0. The minimum atomic E-state index is -0.683. The second kappa shape index (κ2) is 5.35. The standard InChI is InChI=1S/C11H21NO2/c1-8(2)7-12-10(11(13)14)9-5-3-4-6-9/h8-10,12H,3-7H2,1-2H3,(H,13,14). The Morgan fingerprint density at radius 1 is 1.43 bits per heavy atom. The van der Waals surface area contributed by atoms with Crippen molar-refractivity contribution in [2.75, 3.05) is 6.54 Å². The molecule has 82 valence electrons. The largest absolute Gasteiger partial charge is 0.480 e. The van der Waals surface area contributed by atoms with Crippen molar-refractivity contribution in [2.45, 2.75) is 45.6 Å². The zero-order valence-corrected chi connectivity index (χ0v) is 9.12. The van der Waals surface area contributed by atoms with Crippen LogP contribution in [0.5, 0.6) is 0 Å². The molecule has 0 saturated heterocycles. The molecule has 14 heavy (non-hydrogen) atoms. The first-order valence-electron chi connectivity index (χ1n) is 5.57. The molecule has 0 bridgehead atoms. The van der Waals surface area contributed by atoms with E-state index in [9.17, 15) is 4.79 Å². The molecule has 2 N–H and O–H groups in total. The van der Waals surface area contributed by atoms with Gasteiger partial charge in [-0.3, -0.25) is 4.79 Å². The number of carboxylic acid groups (broad SMARTS) is 1. The third-order valence-corrected chi connectivity index (χ3v) is 2.88. The highest BCUT2D eigenvalue weighted by molar-refractivity contribution is 5.73. The number of rotatable bonds is 5. The van der Waals surface area contributed by atoms with Gasteiger partial charge in [-0.2, -0.15) is 0 Å². The van der Waals surface area contributed by atoms with E-state index >= 15 is 0 Å². The van der Waals surface area contributed by atoms with Crippen molar-refractivity contribution in [1.82, 2.24) is 5.32 Å². The van der Waals surface area contributed by atoms with Crippen LogP contribution in [0.2, 0.25) is 0 Å². The Labute approximate surface area is 85.9 Å². The third-order valence-electron chi connectivity index (χ3n) is 2.88. The Morgan fingerprint density at radius 3 is 2.43 bits per heavy atom. The Bertz CT molecular complexity index is 186. The molecule has 1 rings (SSSR count). The van der Waals surface area contributed by atoms with E-state index < -0.39 is 5.97 Å². The highest BCUT2D eigenvalue weighted by atomic mass is 16.4. The summed E-state index contributed by atoms with van der Waals surface area (Å²) in [6.45, 7) is 4.99. The molecule has 1 unspecified atom stereocenters. The van der Waals surface area contributed by atoms with Crippen LogP contribution in [0.25, 0.3) is 0 Å². The van der Waals surface area contributed by atoms with Gasteiger partial charge in [-0.25, -0.2) is 0 Å². The Hall–Kier alpha value is -0.570. The normalized spacial score (nSPS) is 20.2. The number of carboxylic acids is 1. The lowest BCUT2D eigenvalue weighted by molar-refractivity contribution is -0.141. The highest BCUT2D eigenvalue weighted by Gasteiger charge is 2.29. The van der Waals surface area contributed by atoms with Gasteiger partial charge in [0.15, 0.2) is 0 Å². The van der Waals surface area contributed by atoms with Gasteiger partial charge in [-0.1, -0.05) is 26.7 Å². The molecule has 0 aliphatic heterocycles. The maximum absolute atomic E-state index is 11.0. The molecular formula is C11H21NO2. The smallest absolute Gasteiger partial charge is 0.320 e. The summed E-state index contributed by atoms with van der Waals surface area (Å²) in [5, 5.41) is 12.2. The molecule has 1 atom stereocenters. The van der Waals surface area contributed by atoms with Gasteiger partial charge < -0.3 is 10.4 Å². The summed E-state index contributed by atoms with van der Waals surface area (Å²) in [4.78, 5) is 11.0. The fraction of sp³-hybridized carbons (Fsp3) is 0.909. The molecule has 0 heterocycles. The SMILES string of the molecule is CC(C)CNC(C(=O)O)C1CCCC1. The predicted octanol–water partition coefficient (Wildman–Crippen LogP) is 1.88. The predicted molar refractivity (Wildman–Crippen MR) is 56.2 cm³/mol. The zero-order chi connectivity index (χ0) is 10.6. The number of hydrogen-bond acceptors (Lipinski definition) is 2. The molecule has 1 aliphatic rings. The van der Waals surface area contributed by atoms with Gasteiger partial charge >= 0.3 is 5.97 Å². The van der Waals surface area contributed by atoms with Crippen molar-refractivity contribution in [3.05, 3.63) is 0 Å². The Morgan fingerprint density at radius 2 is 2.00 bits per heavy atom. The van der Waals surface area contributed by atoms with Crippen LogP contribution in [0.1, 0.15) is 39.5 Å². The second-order valence-corrected chi connectivity index (χ2v) is 4.66. The second-order valence-electron chi connectivity index (χ2n) is 4.66. The lowest BCUT2D eigenvalue weighted by Gasteiger charge is -2.21. The Kier molecular flexibility index (Phi) is 4.39. The van der Waals surface area contributed by atoms with Crippen molar-refractivity contribution < 1.29 is 9.90 Å². The fourth-order valence-corrected chi connectivity index (χ4v) is 2.11. The summed E-state index contributed by atoms with van der Waals surface area (Å²) < 4.78 is 0. The van der Waals surface area contributed by atoms with E-state index in [1.165, 1.54) is 12.8 Å².